The second kappa shape index (κ2) is 5.51. The number of carbonyl (C=O) groups excluding carboxylic acids is 1. The molecule has 0 spiro atoms. The zero-order chi connectivity index (χ0) is 12.1. The molecule has 0 N–H and O–H groups in total. The molecule has 1 aromatic rings. The lowest BCUT2D eigenvalue weighted by molar-refractivity contribution is 0.0602. The van der Waals surface area contributed by atoms with Gasteiger partial charge in [-0.2, -0.15) is 0 Å². The van der Waals surface area contributed by atoms with Crippen LogP contribution < -0.4 is 0 Å². The van der Waals surface area contributed by atoms with Gasteiger partial charge in [-0.1, -0.05) is 11.6 Å². The van der Waals surface area contributed by atoms with Crippen molar-refractivity contribution in [1.82, 2.24) is 4.90 Å². The Morgan fingerprint density at radius 3 is 2.75 bits per heavy atom. The molecular weight excluding hydrogens is 228 g/mol. The zero-order valence-corrected chi connectivity index (χ0v) is 10.2. The Bertz CT molecular complexity index is 416. The molecule has 0 aliphatic heterocycles. The molecule has 0 amide bonds. The van der Waals surface area contributed by atoms with Crippen LogP contribution in [0.15, 0.2) is 23.2 Å². The van der Waals surface area contributed by atoms with Gasteiger partial charge in [-0.05, 0) is 18.2 Å². The van der Waals surface area contributed by atoms with Gasteiger partial charge in [0.25, 0.3) is 0 Å². The molecule has 16 heavy (non-hydrogen) atoms. The second-order valence-corrected chi connectivity index (χ2v) is 3.80. The van der Waals surface area contributed by atoms with Gasteiger partial charge in [0.1, 0.15) is 0 Å². The van der Waals surface area contributed by atoms with E-state index in [-0.39, 0.29) is 0 Å². The highest BCUT2D eigenvalue weighted by Gasteiger charge is 2.11. The Labute approximate surface area is 99.5 Å². The normalized spacial score (nSPS) is 10.5. The van der Waals surface area contributed by atoms with Crippen LogP contribution in [0, 0.1) is 0 Å². The van der Waals surface area contributed by atoms with Gasteiger partial charge in [0, 0.05) is 19.1 Å². The zero-order valence-electron chi connectivity index (χ0n) is 9.40. The quantitative estimate of drug-likeness (QED) is 0.463. The summed E-state index contributed by atoms with van der Waals surface area (Å²) < 4.78 is 4.65. The molecule has 0 aliphatic carbocycles. The maximum absolute atomic E-state index is 11.4. The van der Waals surface area contributed by atoms with Gasteiger partial charge >= 0.3 is 5.97 Å². The lowest BCUT2D eigenvalue weighted by Crippen LogP contribution is -2.08. The topological polar surface area (TPSA) is 41.9 Å². The molecule has 0 fully saturated rings. The molecule has 4 nitrogen and oxygen atoms in total. The summed E-state index contributed by atoms with van der Waals surface area (Å²) in [5, 5.41) is 0.526. The number of ether oxygens (including phenoxy) is 1. The van der Waals surface area contributed by atoms with Crippen molar-refractivity contribution in [3.63, 3.8) is 0 Å². The lowest BCUT2D eigenvalue weighted by Gasteiger charge is -2.06. The van der Waals surface area contributed by atoms with Crippen LogP contribution in [0.5, 0.6) is 0 Å². The molecule has 1 aromatic carbocycles. The molecule has 0 aromatic heterocycles. The van der Waals surface area contributed by atoms with Crippen LogP contribution in [0.3, 0.4) is 0 Å². The van der Waals surface area contributed by atoms with Gasteiger partial charge < -0.3 is 9.64 Å². The highest BCUT2D eigenvalue weighted by molar-refractivity contribution is 6.31. The summed E-state index contributed by atoms with van der Waals surface area (Å²) in [7, 11) is 5.01. The van der Waals surface area contributed by atoms with Crippen molar-refractivity contribution >= 4 is 29.6 Å². The summed E-state index contributed by atoms with van der Waals surface area (Å²) in [6, 6.07) is 4.84. The van der Waals surface area contributed by atoms with E-state index in [9.17, 15) is 4.79 Å². The molecule has 5 heteroatoms. The highest BCUT2D eigenvalue weighted by Crippen LogP contribution is 2.24. The fourth-order valence-electron chi connectivity index (χ4n) is 1.07. The summed E-state index contributed by atoms with van der Waals surface area (Å²) in [4.78, 5) is 17.4. The summed E-state index contributed by atoms with van der Waals surface area (Å²) in [6.45, 7) is 0. The number of hydrogen-bond donors (Lipinski definition) is 0. The van der Waals surface area contributed by atoms with E-state index >= 15 is 0 Å². The van der Waals surface area contributed by atoms with E-state index in [4.69, 9.17) is 11.6 Å². The fraction of sp³-hybridized carbons (Fsp3) is 0.273. The number of rotatable bonds is 3. The minimum atomic E-state index is -0.428. The van der Waals surface area contributed by atoms with Gasteiger partial charge in [-0.3, -0.25) is 0 Å². The van der Waals surface area contributed by atoms with E-state index in [1.165, 1.54) is 7.11 Å². The minimum absolute atomic E-state index is 0.394. The van der Waals surface area contributed by atoms with Crippen molar-refractivity contribution < 1.29 is 9.53 Å². The van der Waals surface area contributed by atoms with Crippen LogP contribution in [0.2, 0.25) is 5.02 Å². The Hall–Kier alpha value is -1.55. The van der Waals surface area contributed by atoms with Crippen molar-refractivity contribution in [3.8, 4) is 0 Å². The molecule has 0 aliphatic rings. The predicted molar refractivity (Wildman–Crippen MR) is 64.6 cm³/mol. The predicted octanol–water partition coefficient (Wildman–Crippen LogP) is 2.35. The minimum Gasteiger partial charge on any atom is -0.465 e. The van der Waals surface area contributed by atoms with E-state index < -0.39 is 5.97 Å². The number of hydrogen-bond acceptors (Lipinski definition) is 3. The van der Waals surface area contributed by atoms with Crippen LogP contribution in [-0.2, 0) is 4.74 Å². The van der Waals surface area contributed by atoms with Crippen LogP contribution >= 0.6 is 11.6 Å². The van der Waals surface area contributed by atoms with E-state index in [1.54, 1.807) is 29.4 Å². The van der Waals surface area contributed by atoms with E-state index in [0.717, 1.165) is 0 Å². The van der Waals surface area contributed by atoms with Gasteiger partial charge in [0.15, 0.2) is 0 Å². The van der Waals surface area contributed by atoms with Crippen LogP contribution in [-0.4, -0.2) is 38.4 Å². The van der Waals surface area contributed by atoms with E-state index in [0.29, 0.717) is 16.3 Å². The second-order valence-electron chi connectivity index (χ2n) is 3.36. The number of methoxy groups -OCH3 is 1. The smallest absolute Gasteiger partial charge is 0.340 e. The number of aliphatic imine (C=N–C) groups is 1. The first-order valence-electron chi connectivity index (χ1n) is 4.63. The Morgan fingerprint density at radius 2 is 2.19 bits per heavy atom. The molecule has 86 valence electrons. The third-order valence-electron chi connectivity index (χ3n) is 1.79. The van der Waals surface area contributed by atoms with Crippen molar-refractivity contribution in [3.05, 3.63) is 28.8 Å². The molecule has 0 saturated carbocycles. The number of halogens is 1. The lowest BCUT2D eigenvalue weighted by atomic mass is 10.2. The van der Waals surface area contributed by atoms with E-state index in [2.05, 4.69) is 9.73 Å². The molecule has 0 heterocycles. The maximum atomic E-state index is 11.4. The fourth-order valence-corrected chi connectivity index (χ4v) is 1.24. The third kappa shape index (κ3) is 3.24. The first kappa shape index (κ1) is 12.5. The Balaban J connectivity index is 3.13. The van der Waals surface area contributed by atoms with Crippen molar-refractivity contribution in [2.24, 2.45) is 4.99 Å². The molecular formula is C11H13ClN2O2. The van der Waals surface area contributed by atoms with Crippen molar-refractivity contribution in [1.29, 1.82) is 0 Å². The summed E-state index contributed by atoms with van der Waals surface area (Å²) in [6.07, 6.45) is 1.60. The van der Waals surface area contributed by atoms with Crippen molar-refractivity contribution in [2.75, 3.05) is 21.2 Å². The molecule has 0 saturated heterocycles. The van der Waals surface area contributed by atoms with Crippen LogP contribution in [0.4, 0.5) is 5.69 Å². The highest BCUT2D eigenvalue weighted by atomic mass is 35.5. The monoisotopic (exact) mass is 240 g/mol. The van der Waals surface area contributed by atoms with Gasteiger partial charge in [-0.25, -0.2) is 9.79 Å². The Morgan fingerprint density at radius 1 is 1.50 bits per heavy atom. The molecule has 1 rings (SSSR count). The average molecular weight is 241 g/mol. The molecule has 0 unspecified atom stereocenters. The summed E-state index contributed by atoms with van der Waals surface area (Å²) >= 11 is 5.84. The SMILES string of the molecule is COC(=O)c1ccc(Cl)cc1N=CN(C)C. The molecule has 0 atom stereocenters. The number of benzene rings is 1. The summed E-state index contributed by atoms with van der Waals surface area (Å²) in [5.74, 6) is -0.428. The van der Waals surface area contributed by atoms with Gasteiger partial charge in [-0.15, -0.1) is 0 Å². The molecule has 0 bridgehead atoms. The van der Waals surface area contributed by atoms with E-state index in [1.807, 2.05) is 14.1 Å². The maximum Gasteiger partial charge on any atom is 0.340 e. The standard InChI is InChI=1S/C11H13ClN2O2/c1-14(2)7-13-10-6-8(12)4-5-9(10)11(15)16-3/h4-7H,1-3H3. The van der Waals surface area contributed by atoms with Gasteiger partial charge in [0.2, 0.25) is 0 Å². The summed E-state index contributed by atoms with van der Waals surface area (Å²) in [5.41, 5.74) is 0.887. The Kier molecular flexibility index (Phi) is 4.31. The van der Waals surface area contributed by atoms with Crippen LogP contribution in [0.25, 0.3) is 0 Å². The largest absolute Gasteiger partial charge is 0.465 e. The average Bonchev–Trinajstić information content (AvgIpc) is 2.25. The first-order chi connectivity index (χ1) is 7.54. The number of nitrogens with zero attached hydrogens (tertiary/aromatic N) is 2. The number of esters is 1. The van der Waals surface area contributed by atoms with Crippen LogP contribution in [0.1, 0.15) is 10.4 Å². The first-order valence-corrected chi connectivity index (χ1v) is 5.01. The molecule has 0 radical (unpaired) electrons. The number of carbonyl (C=O) groups is 1. The third-order valence-corrected chi connectivity index (χ3v) is 2.03. The van der Waals surface area contributed by atoms with Crippen molar-refractivity contribution in [2.45, 2.75) is 0 Å². The van der Waals surface area contributed by atoms with Gasteiger partial charge in [0.05, 0.1) is 24.7 Å².